The third kappa shape index (κ3) is 3.31. The van der Waals surface area contributed by atoms with Crippen LogP contribution in [0.4, 0.5) is 0 Å². The molecule has 8 heteroatoms. The number of aliphatic imine (C=N–C) groups is 3. The predicted molar refractivity (Wildman–Crippen MR) is 144 cm³/mol. The minimum absolute atomic E-state index is 0.819. The first-order valence-corrected chi connectivity index (χ1v) is 11.7. The van der Waals surface area contributed by atoms with Crippen LogP contribution in [0.1, 0.15) is 17.2 Å². The molecule has 0 aliphatic carbocycles. The standard InChI is InChI=1S/C28H22N8/c1-35-13-11-29-27(35)25-21-7-3-17(31-21)15-19-5-9-23(33-19)26(28-30-12-14-36(28)2)24-10-6-20(34-24)16-18-4-8-22(25)32-18/h3-16,29,31H,1-2H3/b18-16?,19-15?,26-24?,27-25+. The fourth-order valence-corrected chi connectivity index (χ4v) is 4.75. The second-order valence-electron chi connectivity index (χ2n) is 8.91. The smallest absolute Gasteiger partial charge is 0.144 e. The molecule has 36 heavy (non-hydrogen) atoms. The maximum Gasteiger partial charge on any atom is 0.144 e. The number of imidazole rings is 1. The third-order valence-electron chi connectivity index (χ3n) is 6.48. The number of nitrogens with zero attached hydrogens (tertiary/aromatic N) is 6. The molecule has 0 radical (unpaired) electrons. The van der Waals surface area contributed by atoms with E-state index in [9.17, 15) is 0 Å². The van der Waals surface area contributed by atoms with Crippen LogP contribution in [0.25, 0.3) is 17.2 Å². The highest BCUT2D eigenvalue weighted by Crippen LogP contribution is 2.31. The molecule has 5 aliphatic heterocycles. The first kappa shape index (κ1) is 20.4. The van der Waals surface area contributed by atoms with Gasteiger partial charge >= 0.3 is 0 Å². The summed E-state index contributed by atoms with van der Waals surface area (Å²) >= 11 is 0. The van der Waals surface area contributed by atoms with Crippen molar-refractivity contribution in [3.05, 3.63) is 120 Å². The Morgan fingerprint density at radius 2 is 1.61 bits per heavy atom. The number of hydrogen-bond acceptors (Lipinski definition) is 6. The highest BCUT2D eigenvalue weighted by molar-refractivity contribution is 6.32. The van der Waals surface area contributed by atoms with Crippen molar-refractivity contribution >= 4 is 34.4 Å². The van der Waals surface area contributed by atoms with Gasteiger partial charge in [0.1, 0.15) is 11.6 Å². The Labute approximate surface area is 207 Å². The van der Waals surface area contributed by atoms with E-state index in [2.05, 4.69) is 32.3 Å². The van der Waals surface area contributed by atoms with Gasteiger partial charge in [-0.3, -0.25) is 0 Å². The summed E-state index contributed by atoms with van der Waals surface area (Å²) < 4.78 is 1.99. The summed E-state index contributed by atoms with van der Waals surface area (Å²) in [5.41, 5.74) is 8.89. The van der Waals surface area contributed by atoms with Crippen LogP contribution in [0, 0.1) is 0 Å². The van der Waals surface area contributed by atoms with Crippen molar-refractivity contribution in [2.75, 3.05) is 7.05 Å². The summed E-state index contributed by atoms with van der Waals surface area (Å²) in [6.45, 7) is 0. The highest BCUT2D eigenvalue weighted by Gasteiger charge is 2.24. The van der Waals surface area contributed by atoms with Gasteiger partial charge in [0.25, 0.3) is 0 Å². The SMILES string of the molecule is CN1C=CN/C1=C1\C2=NC(=CC3=NC(=C(c4nccn4C)C4=NC(=Cc5ccc1[nH]5)C=C4)C=C3)C=C2. The van der Waals surface area contributed by atoms with Crippen LogP contribution in [0.2, 0.25) is 0 Å². The molecular formula is C28H22N8. The minimum Gasteiger partial charge on any atom is -0.355 e. The van der Waals surface area contributed by atoms with Crippen molar-refractivity contribution in [3.63, 3.8) is 0 Å². The molecule has 7 heterocycles. The second-order valence-corrected chi connectivity index (χ2v) is 8.91. The fourth-order valence-electron chi connectivity index (χ4n) is 4.75. The van der Waals surface area contributed by atoms with E-state index in [0.29, 0.717) is 0 Å². The minimum atomic E-state index is 0.819. The number of H-pyrrole nitrogens is 1. The number of nitrogens with one attached hydrogen (secondary N) is 2. The normalized spacial score (nSPS) is 21.7. The van der Waals surface area contributed by atoms with E-state index in [4.69, 9.17) is 15.0 Å². The molecule has 8 bridgehead atoms. The van der Waals surface area contributed by atoms with Crippen molar-refractivity contribution in [3.8, 4) is 0 Å². The van der Waals surface area contributed by atoms with Gasteiger partial charge in [-0.1, -0.05) is 0 Å². The molecule has 2 N–H and O–H groups in total. The Balaban J connectivity index is 1.45. The Bertz CT molecular complexity index is 1670. The van der Waals surface area contributed by atoms with Crippen molar-refractivity contribution in [2.45, 2.75) is 0 Å². The van der Waals surface area contributed by atoms with Gasteiger partial charge in [0, 0.05) is 44.6 Å². The number of fused-ring (bicyclic) bond motifs is 5. The number of rotatable bonds is 1. The van der Waals surface area contributed by atoms with Crippen LogP contribution in [0.3, 0.4) is 0 Å². The quantitative estimate of drug-likeness (QED) is 0.658. The number of aromatic nitrogens is 3. The monoisotopic (exact) mass is 470 g/mol. The summed E-state index contributed by atoms with van der Waals surface area (Å²) in [6.07, 6.45) is 23.8. The van der Waals surface area contributed by atoms with E-state index < -0.39 is 0 Å². The Morgan fingerprint density at radius 3 is 2.36 bits per heavy atom. The van der Waals surface area contributed by atoms with Gasteiger partial charge in [-0.25, -0.2) is 20.0 Å². The molecule has 5 aliphatic rings. The summed E-state index contributed by atoms with van der Waals surface area (Å²) in [5.74, 6) is 1.78. The van der Waals surface area contributed by atoms with Crippen LogP contribution >= 0.6 is 0 Å². The Hall–Kier alpha value is -4.98. The Kier molecular flexibility index (Phi) is 4.41. The van der Waals surface area contributed by atoms with Crippen LogP contribution in [-0.4, -0.2) is 43.6 Å². The van der Waals surface area contributed by atoms with Crippen molar-refractivity contribution in [1.82, 2.24) is 24.8 Å². The molecular weight excluding hydrogens is 448 g/mol. The number of aromatic amines is 1. The van der Waals surface area contributed by atoms with Gasteiger partial charge in [0.05, 0.1) is 51.1 Å². The van der Waals surface area contributed by atoms with Crippen molar-refractivity contribution in [1.29, 1.82) is 0 Å². The summed E-state index contributed by atoms with van der Waals surface area (Å²) in [4.78, 5) is 25.0. The fraction of sp³-hybridized carbons (Fsp3) is 0.0714. The lowest BCUT2D eigenvalue weighted by atomic mass is 10.1. The van der Waals surface area contributed by atoms with E-state index in [1.54, 1.807) is 6.20 Å². The molecule has 7 rings (SSSR count). The van der Waals surface area contributed by atoms with Crippen LogP contribution in [-0.2, 0) is 7.05 Å². The number of aryl methyl sites for hydroxylation is 1. The van der Waals surface area contributed by atoms with E-state index in [1.807, 2.05) is 85.9 Å². The van der Waals surface area contributed by atoms with Gasteiger partial charge < -0.3 is 19.8 Å². The lowest BCUT2D eigenvalue weighted by molar-refractivity contribution is 0.574. The Morgan fingerprint density at radius 1 is 0.806 bits per heavy atom. The third-order valence-corrected chi connectivity index (χ3v) is 6.48. The van der Waals surface area contributed by atoms with Crippen LogP contribution in [0.5, 0.6) is 0 Å². The van der Waals surface area contributed by atoms with Gasteiger partial charge in [-0.15, -0.1) is 0 Å². The predicted octanol–water partition coefficient (Wildman–Crippen LogP) is 4.11. The van der Waals surface area contributed by atoms with E-state index in [1.165, 1.54) is 0 Å². The molecule has 0 amide bonds. The summed E-state index contributed by atoms with van der Waals surface area (Å²) in [6, 6.07) is 4.15. The van der Waals surface area contributed by atoms with Crippen LogP contribution < -0.4 is 5.32 Å². The molecule has 8 nitrogen and oxygen atoms in total. The molecule has 2 aromatic heterocycles. The highest BCUT2D eigenvalue weighted by atomic mass is 15.3. The first-order chi connectivity index (χ1) is 17.6. The topological polar surface area (TPSA) is 86.0 Å². The van der Waals surface area contributed by atoms with E-state index in [-0.39, 0.29) is 0 Å². The summed E-state index contributed by atoms with van der Waals surface area (Å²) in [5, 5.41) is 3.36. The maximum absolute atomic E-state index is 4.95. The molecule has 0 saturated heterocycles. The molecule has 0 fully saturated rings. The largest absolute Gasteiger partial charge is 0.355 e. The summed E-state index contributed by atoms with van der Waals surface area (Å²) in [7, 11) is 4.00. The van der Waals surface area contributed by atoms with E-state index in [0.717, 1.165) is 68.4 Å². The number of hydrogen-bond donors (Lipinski definition) is 2. The van der Waals surface area contributed by atoms with Gasteiger partial charge in [0.2, 0.25) is 0 Å². The molecule has 0 unspecified atom stereocenters. The van der Waals surface area contributed by atoms with E-state index >= 15 is 0 Å². The van der Waals surface area contributed by atoms with Gasteiger partial charge in [0.15, 0.2) is 0 Å². The second kappa shape index (κ2) is 7.78. The lowest BCUT2D eigenvalue weighted by Crippen LogP contribution is -2.19. The average molecular weight is 471 g/mol. The molecule has 0 aromatic carbocycles. The zero-order chi connectivity index (χ0) is 24.2. The first-order valence-electron chi connectivity index (χ1n) is 11.7. The van der Waals surface area contributed by atoms with Gasteiger partial charge in [-0.05, 0) is 60.7 Å². The van der Waals surface area contributed by atoms with Gasteiger partial charge in [-0.2, -0.15) is 0 Å². The zero-order valence-electron chi connectivity index (χ0n) is 19.8. The zero-order valence-corrected chi connectivity index (χ0v) is 19.8. The molecule has 0 spiro atoms. The van der Waals surface area contributed by atoms with Crippen LogP contribution in [0.15, 0.2) is 117 Å². The number of allylic oxidation sites excluding steroid dienone is 9. The molecule has 0 atom stereocenters. The average Bonchev–Trinajstić information content (AvgIpc) is 3.68. The molecule has 0 saturated carbocycles. The molecule has 174 valence electrons. The lowest BCUT2D eigenvalue weighted by Gasteiger charge is -2.16. The molecule has 2 aromatic rings. The maximum atomic E-state index is 4.95. The van der Waals surface area contributed by atoms with Crippen molar-refractivity contribution in [2.24, 2.45) is 22.0 Å². The van der Waals surface area contributed by atoms with Crippen molar-refractivity contribution < 1.29 is 0 Å².